The Balaban J connectivity index is 0.000000474. The summed E-state index contributed by atoms with van der Waals surface area (Å²) in [6, 6.07) is 10.9. The number of rotatable bonds is 9. The van der Waals surface area contributed by atoms with Crippen molar-refractivity contribution in [2.24, 2.45) is 16.2 Å². The summed E-state index contributed by atoms with van der Waals surface area (Å²) >= 11 is 10.3. The fraction of sp³-hybridized carbons (Fsp3) is 0.500. The first kappa shape index (κ1) is 37.2. The molecule has 0 spiro atoms. The molecule has 0 atom stereocenters. The molecule has 41 heavy (non-hydrogen) atoms. The minimum atomic E-state index is -1.45. The second-order valence-corrected chi connectivity index (χ2v) is 14.1. The normalized spacial score (nSPS) is 11.7. The summed E-state index contributed by atoms with van der Waals surface area (Å²) in [5.74, 6) is -1.06. The molecule has 0 bridgehead atoms. The van der Waals surface area contributed by atoms with E-state index in [-0.39, 0.29) is 36.6 Å². The largest absolute Gasteiger partial charge is 0.465 e. The summed E-state index contributed by atoms with van der Waals surface area (Å²) < 4.78 is 11.8. The van der Waals surface area contributed by atoms with Crippen LogP contribution in [0.3, 0.4) is 0 Å². The molecule has 0 aliphatic heterocycles. The average Bonchev–Trinajstić information content (AvgIpc) is 2.88. The molecule has 226 valence electrons. The van der Waals surface area contributed by atoms with Crippen molar-refractivity contribution in [2.75, 3.05) is 13.2 Å². The van der Waals surface area contributed by atoms with Crippen LogP contribution in [0.15, 0.2) is 45.3 Å². The van der Waals surface area contributed by atoms with E-state index in [1.54, 1.807) is 32.0 Å². The van der Waals surface area contributed by atoms with Gasteiger partial charge in [0.05, 0.1) is 13.2 Å². The average molecular weight is 761 g/mol. The van der Waals surface area contributed by atoms with E-state index in [1.807, 2.05) is 59.7 Å². The highest BCUT2D eigenvalue weighted by molar-refractivity contribution is 9.11. The maximum atomic E-state index is 12.4. The van der Waals surface area contributed by atoms with E-state index in [0.717, 1.165) is 26.5 Å². The lowest BCUT2D eigenvalue weighted by molar-refractivity contribution is -0.170. The highest BCUT2D eigenvalue weighted by atomic mass is 79.9. The number of carbonyl (C=O) groups excluding carboxylic acids is 4. The molecule has 0 fully saturated rings. The first-order chi connectivity index (χ1) is 18.8. The van der Waals surface area contributed by atoms with Gasteiger partial charge in [0.15, 0.2) is 17.0 Å². The first-order valence-corrected chi connectivity index (χ1v) is 16.1. The van der Waals surface area contributed by atoms with Crippen molar-refractivity contribution < 1.29 is 28.7 Å². The van der Waals surface area contributed by atoms with Crippen molar-refractivity contribution in [2.45, 2.75) is 74.1 Å². The Morgan fingerprint density at radius 3 is 1.32 bits per heavy atom. The fourth-order valence-corrected chi connectivity index (χ4v) is 5.59. The molecule has 0 radical (unpaired) electrons. The Bertz CT molecular complexity index is 1240. The summed E-state index contributed by atoms with van der Waals surface area (Å²) in [4.78, 5) is 49.2. The van der Waals surface area contributed by atoms with Crippen LogP contribution in [0.5, 0.6) is 0 Å². The highest BCUT2D eigenvalue weighted by Gasteiger charge is 2.44. The summed E-state index contributed by atoms with van der Waals surface area (Å²) in [7, 11) is 0. The van der Waals surface area contributed by atoms with E-state index in [2.05, 4.69) is 47.8 Å². The van der Waals surface area contributed by atoms with E-state index in [4.69, 9.17) is 9.47 Å². The van der Waals surface area contributed by atoms with Crippen molar-refractivity contribution in [3.05, 3.63) is 67.6 Å². The summed E-state index contributed by atoms with van der Waals surface area (Å²) in [5, 5.41) is 0.789. The van der Waals surface area contributed by atoms with Gasteiger partial charge in [-0.05, 0) is 44.0 Å². The molecule has 6 nitrogen and oxygen atoms in total. The third-order valence-corrected chi connectivity index (χ3v) is 8.21. The van der Waals surface area contributed by atoms with Crippen molar-refractivity contribution >= 4 is 71.3 Å². The number of carbonyl (C=O) groups is 4. The van der Waals surface area contributed by atoms with Gasteiger partial charge in [0.25, 0.3) is 0 Å². The number of ketones is 2. The Hall–Kier alpha value is -1.84. The van der Waals surface area contributed by atoms with E-state index in [1.165, 1.54) is 6.92 Å². The molecule has 0 amide bonds. The van der Waals surface area contributed by atoms with Crippen LogP contribution in [-0.2, 0) is 30.8 Å². The summed E-state index contributed by atoms with van der Waals surface area (Å²) in [6.45, 7) is 16.6. The van der Waals surface area contributed by atoms with Gasteiger partial charge < -0.3 is 9.47 Å². The molecule has 2 rings (SSSR count). The smallest absolute Gasteiger partial charge is 0.323 e. The van der Waals surface area contributed by atoms with Crippen molar-refractivity contribution in [1.29, 1.82) is 0 Å². The van der Waals surface area contributed by atoms with E-state index in [9.17, 15) is 19.2 Å². The number of esters is 2. The van der Waals surface area contributed by atoms with Crippen LogP contribution in [0.4, 0.5) is 0 Å². The second kappa shape index (κ2) is 15.6. The second-order valence-electron chi connectivity index (χ2n) is 11.9. The molecule has 0 aromatic heterocycles. The number of ether oxygens (including phenoxy) is 2. The van der Waals surface area contributed by atoms with E-state index < -0.39 is 22.8 Å². The molecule has 0 unspecified atom stereocenters. The van der Waals surface area contributed by atoms with Gasteiger partial charge in [-0.2, -0.15) is 0 Å². The molecule has 0 saturated carbocycles. The summed E-state index contributed by atoms with van der Waals surface area (Å²) in [5.41, 5.74) is 0.936. The van der Waals surface area contributed by atoms with Crippen LogP contribution < -0.4 is 0 Å². The van der Waals surface area contributed by atoms with Gasteiger partial charge >= 0.3 is 11.9 Å². The van der Waals surface area contributed by atoms with Gasteiger partial charge in [-0.1, -0.05) is 114 Å². The minimum Gasteiger partial charge on any atom is -0.465 e. The van der Waals surface area contributed by atoms with Crippen LogP contribution in [0.25, 0.3) is 0 Å². The molecular weight excluding hydrogens is 720 g/mol. The molecule has 0 N–H and O–H groups in total. The summed E-state index contributed by atoms with van der Waals surface area (Å²) in [6.07, 6.45) is 0.106. The fourth-order valence-electron chi connectivity index (χ4n) is 3.68. The highest BCUT2D eigenvalue weighted by Crippen LogP contribution is 2.32. The van der Waals surface area contributed by atoms with Crippen molar-refractivity contribution in [3.8, 4) is 0 Å². The Morgan fingerprint density at radius 1 is 0.659 bits per heavy atom. The zero-order valence-corrected chi connectivity index (χ0v) is 30.1. The molecule has 2 aromatic carbocycles. The molecule has 9 heteroatoms. The molecule has 0 heterocycles. The van der Waals surface area contributed by atoms with Crippen molar-refractivity contribution in [1.82, 2.24) is 0 Å². The maximum absolute atomic E-state index is 12.4. The predicted octanol–water partition coefficient (Wildman–Crippen LogP) is 8.93. The molecule has 0 aliphatic rings. The van der Waals surface area contributed by atoms with Crippen LogP contribution in [0.2, 0.25) is 0 Å². The van der Waals surface area contributed by atoms with Gasteiger partial charge in [-0.25, -0.2) is 0 Å². The van der Waals surface area contributed by atoms with Gasteiger partial charge in [0.2, 0.25) is 0 Å². The maximum Gasteiger partial charge on any atom is 0.323 e. The number of hydrogen-bond donors (Lipinski definition) is 0. The number of alkyl halides is 1. The third-order valence-electron chi connectivity index (χ3n) is 6.13. The lowest BCUT2D eigenvalue weighted by Crippen LogP contribution is -2.41. The van der Waals surface area contributed by atoms with Crippen LogP contribution in [0, 0.1) is 16.2 Å². The minimum absolute atomic E-state index is 0.0169. The van der Waals surface area contributed by atoms with Crippen molar-refractivity contribution in [3.63, 3.8) is 0 Å². The quantitative estimate of drug-likeness (QED) is 0.110. The van der Waals surface area contributed by atoms with E-state index >= 15 is 0 Å². The van der Waals surface area contributed by atoms with Gasteiger partial charge in [-0.3, -0.25) is 19.2 Å². The first-order valence-electron chi connectivity index (χ1n) is 13.4. The predicted molar refractivity (Wildman–Crippen MR) is 174 cm³/mol. The Kier molecular flexibility index (Phi) is 14.1. The zero-order chi connectivity index (χ0) is 31.8. The number of hydrogen-bond acceptors (Lipinski definition) is 6. The number of halogens is 3. The lowest BCUT2D eigenvalue weighted by atomic mass is 9.82. The van der Waals surface area contributed by atoms with E-state index in [0.29, 0.717) is 10.0 Å². The third kappa shape index (κ3) is 10.4. The van der Waals surface area contributed by atoms with Crippen LogP contribution in [-0.4, -0.2) is 36.7 Å². The van der Waals surface area contributed by atoms with Gasteiger partial charge in [-0.15, -0.1) is 0 Å². The monoisotopic (exact) mass is 758 g/mol. The zero-order valence-electron chi connectivity index (χ0n) is 25.4. The van der Waals surface area contributed by atoms with Gasteiger partial charge in [0.1, 0.15) is 0 Å². The number of Topliss-reactive ketones (excluding diaryl/α,β-unsaturated/α-hetero) is 2. The lowest BCUT2D eigenvalue weighted by Gasteiger charge is -2.25. The van der Waals surface area contributed by atoms with Crippen LogP contribution in [0.1, 0.15) is 94.2 Å². The Morgan fingerprint density at radius 2 is 1.02 bits per heavy atom. The SMILES string of the molecule is CC(C)(C)C(=O)c1ccc(CBr)c(Br)c1.CCOC(=O)C(C)(Cc1ccc(C(=O)C(C)(C)C)cc1Br)C(=O)OCC. The Labute approximate surface area is 269 Å². The van der Waals surface area contributed by atoms with Gasteiger partial charge in [0, 0.05) is 42.7 Å². The molecule has 0 saturated heterocycles. The molecule has 0 aliphatic carbocycles. The molecule has 2 aromatic rings. The topological polar surface area (TPSA) is 86.7 Å². The standard InChI is InChI=1S/C20H27BrO5.C12H14Br2O/c1-7-25-17(23)20(6,18(24)26-8-2)12-14-10-9-13(11-15(14)21)16(22)19(3,4)5;1-12(2,3)11(15)8-4-5-9(7-13)10(14)6-8/h9-11H,7-8,12H2,1-6H3;4-6H,7H2,1-3H3. The number of benzene rings is 2. The van der Waals surface area contributed by atoms with Crippen LogP contribution >= 0.6 is 47.8 Å². The molecular formula is C32H41Br3O6.